The zero-order chi connectivity index (χ0) is 16.8. The van der Waals surface area contributed by atoms with Crippen molar-refractivity contribution in [2.45, 2.75) is 70.7 Å². The second kappa shape index (κ2) is 5.67. The number of ether oxygens (including phenoxy) is 2. The van der Waals surface area contributed by atoms with E-state index in [2.05, 4.69) is 33.9 Å². The zero-order valence-corrected chi connectivity index (χ0v) is 15.6. The normalized spacial score (nSPS) is 23.5. The molecule has 22 heavy (non-hydrogen) atoms. The number of furan rings is 1. The van der Waals surface area contributed by atoms with Crippen molar-refractivity contribution >= 4 is 8.32 Å². The molecule has 1 aromatic heterocycles. The summed E-state index contributed by atoms with van der Waals surface area (Å²) in [7, 11) is -1.95. The van der Waals surface area contributed by atoms with Crippen LogP contribution in [0.25, 0.3) is 0 Å². The minimum atomic E-state index is -1.95. The van der Waals surface area contributed by atoms with Gasteiger partial charge in [-0.3, -0.25) is 0 Å². The first-order chi connectivity index (χ1) is 9.91. The Bertz CT molecular complexity index is 515. The Morgan fingerprint density at radius 1 is 1.36 bits per heavy atom. The molecule has 2 atom stereocenters. The van der Waals surface area contributed by atoms with Gasteiger partial charge in [0, 0.05) is 11.6 Å². The number of hydrogen-bond donors (Lipinski definition) is 1. The first-order valence-electron chi connectivity index (χ1n) is 7.69. The lowest BCUT2D eigenvalue weighted by Gasteiger charge is -2.35. The summed E-state index contributed by atoms with van der Waals surface area (Å²) in [5.74, 6) is -0.200. The van der Waals surface area contributed by atoms with Crippen LogP contribution >= 0.6 is 0 Å². The second-order valence-corrected chi connectivity index (χ2v) is 12.6. The third-order valence-corrected chi connectivity index (χ3v) is 8.81. The van der Waals surface area contributed by atoms with Gasteiger partial charge in [-0.25, -0.2) is 0 Å². The summed E-state index contributed by atoms with van der Waals surface area (Å²) in [6.45, 7) is 14.8. The van der Waals surface area contributed by atoms with E-state index in [1.807, 2.05) is 13.8 Å². The monoisotopic (exact) mass is 328 g/mol. The van der Waals surface area contributed by atoms with E-state index in [-0.39, 0.29) is 5.04 Å². The predicted octanol–water partition coefficient (Wildman–Crippen LogP) is 3.85. The highest BCUT2D eigenvalue weighted by Crippen LogP contribution is 2.39. The van der Waals surface area contributed by atoms with Gasteiger partial charge in [-0.15, -0.1) is 0 Å². The molecule has 1 N–H and O–H groups in total. The summed E-state index contributed by atoms with van der Waals surface area (Å²) in [5.41, 5.74) is 0.653. The van der Waals surface area contributed by atoms with E-state index >= 15 is 0 Å². The quantitative estimate of drug-likeness (QED) is 0.851. The zero-order valence-electron chi connectivity index (χ0n) is 14.6. The highest BCUT2D eigenvalue weighted by atomic mass is 28.4. The fourth-order valence-corrected chi connectivity index (χ4v) is 2.95. The lowest BCUT2D eigenvalue weighted by atomic mass is 10.1. The molecule has 0 radical (unpaired) electrons. The third kappa shape index (κ3) is 3.74. The van der Waals surface area contributed by atoms with E-state index in [9.17, 15) is 5.11 Å². The van der Waals surface area contributed by atoms with Crippen LogP contribution in [0.15, 0.2) is 16.7 Å². The largest absolute Gasteiger partial charge is 0.519 e. The molecule has 1 aliphatic rings. The maximum Gasteiger partial charge on any atom is 0.270 e. The van der Waals surface area contributed by atoms with Gasteiger partial charge < -0.3 is 23.4 Å². The van der Waals surface area contributed by atoms with Gasteiger partial charge in [0.1, 0.15) is 18.5 Å². The van der Waals surface area contributed by atoms with Gasteiger partial charge in [0.2, 0.25) is 0 Å². The molecule has 2 rings (SSSR count). The minimum absolute atomic E-state index is 0.0883. The lowest BCUT2D eigenvalue weighted by Crippen LogP contribution is -2.43. The molecular formula is C16H28O5Si. The Kier molecular flexibility index (Phi) is 4.52. The fraction of sp³-hybridized carbons (Fsp3) is 0.750. The summed E-state index contributed by atoms with van der Waals surface area (Å²) in [6.07, 6.45) is 0.345. The Morgan fingerprint density at radius 2 is 2.00 bits per heavy atom. The average Bonchev–Trinajstić information content (AvgIpc) is 2.93. The van der Waals surface area contributed by atoms with Crippen LogP contribution in [-0.4, -0.2) is 31.9 Å². The molecule has 126 valence electrons. The van der Waals surface area contributed by atoms with Gasteiger partial charge in [0.05, 0.1) is 6.61 Å². The van der Waals surface area contributed by atoms with Crippen molar-refractivity contribution in [1.82, 2.24) is 0 Å². The van der Waals surface area contributed by atoms with Crippen LogP contribution in [0.5, 0.6) is 5.95 Å². The molecule has 0 bridgehead atoms. The van der Waals surface area contributed by atoms with E-state index in [4.69, 9.17) is 18.3 Å². The first-order valence-corrected chi connectivity index (χ1v) is 10.6. The van der Waals surface area contributed by atoms with Crippen molar-refractivity contribution in [1.29, 1.82) is 0 Å². The van der Waals surface area contributed by atoms with Crippen LogP contribution < -0.4 is 4.43 Å². The lowest BCUT2D eigenvalue weighted by molar-refractivity contribution is -0.151. The van der Waals surface area contributed by atoms with Crippen LogP contribution in [0.1, 0.15) is 46.3 Å². The van der Waals surface area contributed by atoms with Gasteiger partial charge in [0.15, 0.2) is 5.79 Å². The van der Waals surface area contributed by atoms with Crippen LogP contribution in [0.3, 0.4) is 0 Å². The van der Waals surface area contributed by atoms with Crippen molar-refractivity contribution in [3.63, 3.8) is 0 Å². The molecule has 1 aromatic rings. The van der Waals surface area contributed by atoms with Crippen molar-refractivity contribution in [3.8, 4) is 5.95 Å². The Hall–Kier alpha value is -0.823. The van der Waals surface area contributed by atoms with Gasteiger partial charge in [0.25, 0.3) is 14.3 Å². The van der Waals surface area contributed by atoms with Gasteiger partial charge in [-0.2, -0.15) is 0 Å². The predicted molar refractivity (Wildman–Crippen MR) is 86.4 cm³/mol. The van der Waals surface area contributed by atoms with Crippen LogP contribution in [0.4, 0.5) is 0 Å². The molecule has 1 aliphatic heterocycles. The van der Waals surface area contributed by atoms with Crippen LogP contribution in [0.2, 0.25) is 18.1 Å². The summed E-state index contributed by atoms with van der Waals surface area (Å²) in [5, 5.41) is 10.5. The number of rotatable bonds is 4. The molecule has 1 saturated heterocycles. The third-order valence-electron chi connectivity index (χ3n) is 4.48. The number of hydrogen-bond acceptors (Lipinski definition) is 5. The maximum atomic E-state index is 10.4. The molecule has 0 aromatic carbocycles. The van der Waals surface area contributed by atoms with E-state index in [0.717, 1.165) is 0 Å². The molecule has 1 fully saturated rings. The highest BCUT2D eigenvalue weighted by molar-refractivity contribution is 6.74. The molecule has 1 unspecified atom stereocenters. The molecule has 2 heterocycles. The molecule has 0 aliphatic carbocycles. The van der Waals surface area contributed by atoms with Gasteiger partial charge in [-0.05, 0) is 32.0 Å². The average molecular weight is 328 g/mol. The summed E-state index contributed by atoms with van der Waals surface area (Å²) >= 11 is 0. The molecule has 0 saturated carbocycles. The summed E-state index contributed by atoms with van der Waals surface area (Å²) in [4.78, 5) is 0. The van der Waals surface area contributed by atoms with E-state index < -0.39 is 26.3 Å². The molecule has 6 heteroatoms. The molecule has 5 nitrogen and oxygen atoms in total. The number of aliphatic hydroxyl groups excluding tert-OH is 1. The SMILES string of the molecule is CC1(C)OC[C@H](C(O)c2coc(O[Si](C)(C)C(C)(C)C)c2)O1. The van der Waals surface area contributed by atoms with Crippen molar-refractivity contribution in [2.24, 2.45) is 0 Å². The van der Waals surface area contributed by atoms with E-state index in [1.165, 1.54) is 6.26 Å². The maximum absolute atomic E-state index is 10.4. The second-order valence-electron chi connectivity index (χ2n) is 7.87. The minimum Gasteiger partial charge on any atom is -0.519 e. The molecule has 0 amide bonds. The first kappa shape index (κ1) is 17.5. The van der Waals surface area contributed by atoms with Crippen molar-refractivity contribution in [2.75, 3.05) is 6.61 Å². The smallest absolute Gasteiger partial charge is 0.270 e. The Labute approximate surface area is 133 Å². The summed E-state index contributed by atoms with van der Waals surface area (Å²) < 4.78 is 22.7. The van der Waals surface area contributed by atoms with Crippen LogP contribution in [-0.2, 0) is 9.47 Å². The van der Waals surface area contributed by atoms with Gasteiger partial charge in [-0.1, -0.05) is 20.8 Å². The topological polar surface area (TPSA) is 61.1 Å². The van der Waals surface area contributed by atoms with Crippen molar-refractivity contribution in [3.05, 3.63) is 17.9 Å². The van der Waals surface area contributed by atoms with Crippen LogP contribution in [0, 0.1) is 0 Å². The highest BCUT2D eigenvalue weighted by Gasteiger charge is 2.41. The fourth-order valence-electron chi connectivity index (χ4n) is 2.03. The Morgan fingerprint density at radius 3 is 2.50 bits per heavy atom. The van der Waals surface area contributed by atoms with E-state index in [0.29, 0.717) is 18.1 Å². The summed E-state index contributed by atoms with van der Waals surface area (Å²) in [6, 6.07) is 1.75. The number of aliphatic hydroxyl groups is 1. The van der Waals surface area contributed by atoms with Gasteiger partial charge >= 0.3 is 0 Å². The van der Waals surface area contributed by atoms with E-state index in [1.54, 1.807) is 6.07 Å². The molecule has 0 spiro atoms. The molecular weight excluding hydrogens is 300 g/mol. The Balaban J connectivity index is 2.06. The van der Waals surface area contributed by atoms with Crippen molar-refractivity contribution < 1.29 is 23.4 Å². The standard InChI is InChI=1S/C16H28O5Si/c1-15(2,3)22(6,7)21-13-8-11(9-18-13)14(17)12-10-19-16(4,5)20-12/h8-9,12,14,17H,10H2,1-7H3/t12-,14?/m1/s1.